The number of rotatable bonds is 4. The van der Waals surface area contributed by atoms with Crippen molar-refractivity contribution < 1.29 is 0 Å². The zero-order chi connectivity index (χ0) is 31.6. The molecule has 3 nitrogen and oxygen atoms in total. The molecule has 3 aromatic heterocycles. The van der Waals surface area contributed by atoms with Crippen LogP contribution in [0.3, 0.4) is 0 Å². The number of para-hydroxylation sites is 1. The van der Waals surface area contributed by atoms with Crippen molar-refractivity contribution >= 4 is 70.3 Å². The Hall–Kier alpha value is -5.89. The fraction of sp³-hybridized carbons (Fsp3) is 0.0465. The third-order valence-corrected chi connectivity index (χ3v) is 10.7. The molecule has 3 heterocycles. The smallest absolute Gasteiger partial charge is 0.0991 e. The Morgan fingerprint density at radius 1 is 0.617 bits per heavy atom. The molecule has 0 radical (unpaired) electrons. The summed E-state index contributed by atoms with van der Waals surface area (Å²) in [6.45, 7) is 4.34. The van der Waals surface area contributed by atoms with Gasteiger partial charge in [0.2, 0.25) is 0 Å². The summed E-state index contributed by atoms with van der Waals surface area (Å²) in [5.74, 6) is 0. The molecule has 0 aliphatic rings. The molecule has 0 aliphatic heterocycles. The SMILES string of the molecule is C/C=C\c1c(C)n(-c2cccc3c2sc2ccccc23)c2ccc(-c3ccc4c(c3)c3ccccc3n4-c3ccc(C#N)cc3)cc12. The Bertz CT molecular complexity index is 2760. The molecular formula is C43H29N3S. The maximum atomic E-state index is 9.34. The van der Waals surface area contributed by atoms with Gasteiger partial charge in [-0.3, -0.25) is 0 Å². The van der Waals surface area contributed by atoms with Crippen LogP contribution < -0.4 is 0 Å². The largest absolute Gasteiger partial charge is 0.312 e. The summed E-state index contributed by atoms with van der Waals surface area (Å²) in [5.41, 5.74) is 11.3. The summed E-state index contributed by atoms with van der Waals surface area (Å²) in [7, 11) is 0. The normalized spacial score (nSPS) is 11.9. The molecule has 0 saturated carbocycles. The lowest BCUT2D eigenvalue weighted by Crippen LogP contribution is -1.97. The average Bonchev–Trinajstić information content (AvgIpc) is 3.75. The van der Waals surface area contributed by atoms with Gasteiger partial charge in [-0.1, -0.05) is 72.8 Å². The molecule has 0 fully saturated rings. The van der Waals surface area contributed by atoms with Crippen molar-refractivity contribution in [2.24, 2.45) is 0 Å². The summed E-state index contributed by atoms with van der Waals surface area (Å²) in [4.78, 5) is 0. The summed E-state index contributed by atoms with van der Waals surface area (Å²) < 4.78 is 7.37. The molecule has 0 atom stereocenters. The zero-order valence-electron chi connectivity index (χ0n) is 26.0. The number of aromatic nitrogens is 2. The monoisotopic (exact) mass is 619 g/mol. The lowest BCUT2D eigenvalue weighted by atomic mass is 10.00. The third kappa shape index (κ3) is 4.11. The van der Waals surface area contributed by atoms with E-state index in [0.717, 1.165) is 16.7 Å². The highest BCUT2D eigenvalue weighted by molar-refractivity contribution is 7.26. The van der Waals surface area contributed by atoms with E-state index >= 15 is 0 Å². The maximum absolute atomic E-state index is 9.34. The van der Waals surface area contributed by atoms with E-state index in [2.05, 4.69) is 144 Å². The number of nitriles is 1. The second-order valence-electron chi connectivity index (χ2n) is 12.1. The first-order valence-electron chi connectivity index (χ1n) is 15.9. The lowest BCUT2D eigenvalue weighted by Gasteiger charge is -2.11. The van der Waals surface area contributed by atoms with Gasteiger partial charge in [0, 0.05) is 48.6 Å². The van der Waals surface area contributed by atoms with Gasteiger partial charge in [-0.15, -0.1) is 11.3 Å². The molecule has 0 unspecified atom stereocenters. The summed E-state index contributed by atoms with van der Waals surface area (Å²) >= 11 is 1.87. The van der Waals surface area contributed by atoms with Crippen LogP contribution in [0.15, 0.2) is 133 Å². The average molecular weight is 620 g/mol. The summed E-state index contributed by atoms with van der Waals surface area (Å²) in [6, 6.07) is 47.8. The molecule has 222 valence electrons. The van der Waals surface area contributed by atoms with E-state index in [1.165, 1.54) is 69.9 Å². The Morgan fingerprint density at radius 3 is 2.04 bits per heavy atom. The van der Waals surface area contributed by atoms with Gasteiger partial charge in [-0.25, -0.2) is 0 Å². The first kappa shape index (κ1) is 27.4. The first-order valence-corrected chi connectivity index (χ1v) is 16.7. The number of benzene rings is 6. The van der Waals surface area contributed by atoms with Crippen LogP contribution in [0.25, 0.3) is 81.5 Å². The number of allylic oxidation sites excluding steroid dienone is 1. The van der Waals surface area contributed by atoms with Crippen LogP contribution in [0.5, 0.6) is 0 Å². The molecule has 0 bridgehead atoms. The van der Waals surface area contributed by atoms with Gasteiger partial charge in [0.05, 0.1) is 38.6 Å². The van der Waals surface area contributed by atoms with Crippen molar-refractivity contribution in [2.75, 3.05) is 0 Å². The molecule has 47 heavy (non-hydrogen) atoms. The van der Waals surface area contributed by atoms with Crippen LogP contribution in [0.4, 0.5) is 0 Å². The number of hydrogen-bond donors (Lipinski definition) is 0. The van der Waals surface area contributed by atoms with Crippen LogP contribution in [-0.2, 0) is 0 Å². The van der Waals surface area contributed by atoms with Gasteiger partial charge in [-0.05, 0) is 91.7 Å². The predicted molar refractivity (Wildman–Crippen MR) is 200 cm³/mol. The van der Waals surface area contributed by atoms with E-state index in [1.54, 1.807) is 0 Å². The van der Waals surface area contributed by atoms with Crippen molar-refractivity contribution in [3.05, 3.63) is 150 Å². The Balaban J connectivity index is 1.24. The number of thiophene rings is 1. The Kier molecular flexibility index (Phi) is 6.18. The van der Waals surface area contributed by atoms with Gasteiger partial charge < -0.3 is 9.13 Å². The third-order valence-electron chi connectivity index (χ3n) is 9.47. The van der Waals surface area contributed by atoms with Crippen molar-refractivity contribution in [1.82, 2.24) is 9.13 Å². The number of nitrogens with zero attached hydrogens (tertiary/aromatic N) is 3. The number of hydrogen-bond acceptors (Lipinski definition) is 2. The van der Waals surface area contributed by atoms with E-state index in [1.807, 2.05) is 35.6 Å². The van der Waals surface area contributed by atoms with Crippen LogP contribution in [0.2, 0.25) is 0 Å². The summed E-state index contributed by atoms with van der Waals surface area (Å²) in [5, 5.41) is 15.6. The van der Waals surface area contributed by atoms with E-state index < -0.39 is 0 Å². The molecule has 6 aromatic carbocycles. The van der Waals surface area contributed by atoms with E-state index in [9.17, 15) is 5.26 Å². The minimum absolute atomic E-state index is 0.661. The van der Waals surface area contributed by atoms with Gasteiger partial charge in [0.15, 0.2) is 0 Å². The highest BCUT2D eigenvalue weighted by Gasteiger charge is 2.19. The summed E-state index contributed by atoms with van der Waals surface area (Å²) in [6.07, 6.45) is 4.39. The fourth-order valence-corrected chi connectivity index (χ4v) is 8.54. The molecule has 0 saturated heterocycles. The maximum Gasteiger partial charge on any atom is 0.0991 e. The highest BCUT2D eigenvalue weighted by Crippen LogP contribution is 2.41. The topological polar surface area (TPSA) is 33.6 Å². The van der Waals surface area contributed by atoms with Gasteiger partial charge >= 0.3 is 0 Å². The van der Waals surface area contributed by atoms with Crippen LogP contribution >= 0.6 is 11.3 Å². The second kappa shape index (κ2) is 10.6. The Labute approximate surface area is 276 Å². The van der Waals surface area contributed by atoms with Gasteiger partial charge in [0.1, 0.15) is 0 Å². The predicted octanol–water partition coefficient (Wildman–Crippen LogP) is 12.0. The fourth-order valence-electron chi connectivity index (χ4n) is 7.33. The van der Waals surface area contributed by atoms with Crippen molar-refractivity contribution in [3.63, 3.8) is 0 Å². The molecule has 9 aromatic rings. The van der Waals surface area contributed by atoms with Gasteiger partial charge in [0.25, 0.3) is 0 Å². The minimum atomic E-state index is 0.661. The minimum Gasteiger partial charge on any atom is -0.312 e. The van der Waals surface area contributed by atoms with Crippen molar-refractivity contribution in [2.45, 2.75) is 13.8 Å². The molecule has 9 rings (SSSR count). The molecule has 4 heteroatoms. The van der Waals surface area contributed by atoms with E-state index in [-0.39, 0.29) is 0 Å². The van der Waals surface area contributed by atoms with Gasteiger partial charge in [-0.2, -0.15) is 5.26 Å². The van der Waals surface area contributed by atoms with Crippen LogP contribution in [-0.4, -0.2) is 9.13 Å². The molecule has 0 aliphatic carbocycles. The van der Waals surface area contributed by atoms with Crippen molar-refractivity contribution in [1.29, 1.82) is 5.26 Å². The first-order chi connectivity index (χ1) is 23.1. The van der Waals surface area contributed by atoms with E-state index in [4.69, 9.17) is 0 Å². The highest BCUT2D eigenvalue weighted by atomic mass is 32.1. The quantitative estimate of drug-likeness (QED) is 0.193. The zero-order valence-corrected chi connectivity index (χ0v) is 26.8. The van der Waals surface area contributed by atoms with Crippen LogP contribution in [0.1, 0.15) is 23.7 Å². The van der Waals surface area contributed by atoms with Crippen LogP contribution in [0, 0.1) is 18.3 Å². The molecular weight excluding hydrogens is 591 g/mol. The Morgan fingerprint density at radius 2 is 1.28 bits per heavy atom. The lowest BCUT2D eigenvalue weighted by molar-refractivity contribution is 1.06. The second-order valence-corrected chi connectivity index (χ2v) is 13.1. The molecule has 0 N–H and O–H groups in total. The van der Waals surface area contributed by atoms with E-state index in [0.29, 0.717) is 5.56 Å². The van der Waals surface area contributed by atoms with Crippen molar-refractivity contribution in [3.8, 4) is 28.6 Å². The number of fused-ring (bicyclic) bond motifs is 7. The molecule has 0 amide bonds. The molecule has 0 spiro atoms. The standard InChI is InChI=1S/C43H29N3S/c1-3-9-32-27(2)45(41-14-8-12-35-34-11-5-7-15-42(34)47-43(35)41)39-22-18-29(24-36(32)39)30-19-23-40-37(25-30)33-10-4-6-13-38(33)46(40)31-20-16-28(26-44)17-21-31/h3-25H,1-2H3/b9-3-.